The number of hydrogen-bond donors (Lipinski definition) is 1. The van der Waals surface area contributed by atoms with Crippen molar-refractivity contribution in [2.24, 2.45) is 0 Å². The molecule has 0 atom stereocenters. The first kappa shape index (κ1) is 15.9. The number of nitrogens with zero attached hydrogens (tertiary/aromatic N) is 2. The summed E-state index contributed by atoms with van der Waals surface area (Å²) in [5.74, 6) is 0. The van der Waals surface area contributed by atoms with Gasteiger partial charge in [-0.3, -0.25) is 0 Å². The molecule has 0 spiro atoms. The van der Waals surface area contributed by atoms with E-state index in [-0.39, 0.29) is 0 Å². The first-order chi connectivity index (χ1) is 10.2. The predicted octanol–water partition coefficient (Wildman–Crippen LogP) is 3.83. The third-order valence-electron chi connectivity index (χ3n) is 3.95. The maximum Gasteiger partial charge on any atom is 0.101 e. The lowest BCUT2D eigenvalue weighted by atomic mass is 10.1. The van der Waals surface area contributed by atoms with Gasteiger partial charge < -0.3 is 10.2 Å². The molecular formula is C18H27N3. The molecule has 1 saturated carbocycles. The lowest BCUT2D eigenvalue weighted by molar-refractivity contribution is 0.588. The summed E-state index contributed by atoms with van der Waals surface area (Å²) in [5, 5.41) is 12.9. The van der Waals surface area contributed by atoms with Crippen LogP contribution < -0.4 is 10.2 Å². The monoisotopic (exact) mass is 285 g/mol. The lowest BCUT2D eigenvalue weighted by Gasteiger charge is -2.26. The van der Waals surface area contributed by atoms with Gasteiger partial charge in [0.05, 0.1) is 11.3 Å². The molecule has 0 aliphatic heterocycles. The largest absolute Gasteiger partial charge is 0.367 e. The Bertz CT molecular complexity index is 498. The van der Waals surface area contributed by atoms with Crippen LogP contribution in [0.25, 0.3) is 0 Å². The van der Waals surface area contributed by atoms with Gasteiger partial charge in [0.25, 0.3) is 0 Å². The number of anilines is 1. The van der Waals surface area contributed by atoms with Crippen LogP contribution >= 0.6 is 0 Å². The molecule has 0 aromatic heterocycles. The van der Waals surface area contributed by atoms with Crippen LogP contribution in [0.1, 0.15) is 57.6 Å². The van der Waals surface area contributed by atoms with Gasteiger partial charge in [0.15, 0.2) is 0 Å². The molecule has 21 heavy (non-hydrogen) atoms. The molecule has 3 heteroatoms. The normalized spacial score (nSPS) is 14.2. The molecule has 0 saturated heterocycles. The van der Waals surface area contributed by atoms with E-state index in [1.807, 2.05) is 6.07 Å². The van der Waals surface area contributed by atoms with Crippen LogP contribution in [-0.4, -0.2) is 18.6 Å². The molecule has 1 N–H and O–H groups in total. The van der Waals surface area contributed by atoms with Gasteiger partial charge in [-0.15, -0.1) is 0 Å². The highest BCUT2D eigenvalue weighted by atomic mass is 15.2. The molecule has 1 aromatic rings. The van der Waals surface area contributed by atoms with Gasteiger partial charge in [-0.05, 0) is 37.0 Å². The quantitative estimate of drug-likeness (QED) is 0.789. The summed E-state index contributed by atoms with van der Waals surface area (Å²) >= 11 is 0. The van der Waals surface area contributed by atoms with Crippen molar-refractivity contribution >= 4 is 5.69 Å². The Hall–Kier alpha value is -1.53. The topological polar surface area (TPSA) is 39.1 Å². The second kappa shape index (κ2) is 7.47. The second-order valence-corrected chi connectivity index (χ2v) is 6.28. The Kier molecular flexibility index (Phi) is 5.64. The fraction of sp³-hybridized carbons (Fsp3) is 0.611. The molecule has 1 fully saturated rings. The van der Waals surface area contributed by atoms with Gasteiger partial charge in [-0.1, -0.05) is 33.3 Å². The summed E-state index contributed by atoms with van der Waals surface area (Å²) in [6.07, 6.45) is 4.93. The van der Waals surface area contributed by atoms with Crippen LogP contribution in [0.4, 0.5) is 5.69 Å². The zero-order valence-corrected chi connectivity index (χ0v) is 13.5. The molecule has 0 bridgehead atoms. The molecule has 1 aliphatic carbocycles. The minimum Gasteiger partial charge on any atom is -0.367 e. The van der Waals surface area contributed by atoms with E-state index in [9.17, 15) is 5.26 Å². The van der Waals surface area contributed by atoms with E-state index in [0.29, 0.717) is 12.1 Å². The molecule has 3 nitrogen and oxygen atoms in total. The van der Waals surface area contributed by atoms with E-state index in [1.165, 1.54) is 31.2 Å². The third kappa shape index (κ3) is 4.47. The molecule has 1 aliphatic rings. The molecule has 2 rings (SSSR count). The smallest absolute Gasteiger partial charge is 0.101 e. The Morgan fingerprint density at radius 3 is 2.71 bits per heavy atom. The SMILES string of the molecule is CCCCN(c1ccc(CNC(C)C)cc1C#N)C1CC1. The maximum atomic E-state index is 9.50. The lowest BCUT2D eigenvalue weighted by Crippen LogP contribution is -2.27. The summed E-state index contributed by atoms with van der Waals surface area (Å²) in [5.41, 5.74) is 3.14. The van der Waals surface area contributed by atoms with Crippen molar-refractivity contribution in [3.05, 3.63) is 29.3 Å². The van der Waals surface area contributed by atoms with Crippen molar-refractivity contribution in [2.75, 3.05) is 11.4 Å². The Morgan fingerprint density at radius 1 is 1.38 bits per heavy atom. The van der Waals surface area contributed by atoms with Gasteiger partial charge in [0.2, 0.25) is 0 Å². The highest BCUT2D eigenvalue weighted by molar-refractivity contribution is 5.61. The van der Waals surface area contributed by atoms with Crippen molar-refractivity contribution in [3.63, 3.8) is 0 Å². The van der Waals surface area contributed by atoms with Crippen LogP contribution in [0.2, 0.25) is 0 Å². The Balaban J connectivity index is 2.16. The Labute approximate surface area is 129 Å². The number of rotatable bonds is 8. The van der Waals surface area contributed by atoms with Crippen molar-refractivity contribution in [1.82, 2.24) is 5.32 Å². The number of benzene rings is 1. The summed E-state index contributed by atoms with van der Waals surface area (Å²) < 4.78 is 0. The van der Waals surface area contributed by atoms with E-state index in [1.54, 1.807) is 0 Å². The summed E-state index contributed by atoms with van der Waals surface area (Å²) in [6.45, 7) is 8.39. The molecular weight excluding hydrogens is 258 g/mol. The zero-order chi connectivity index (χ0) is 15.2. The minimum atomic E-state index is 0.461. The maximum absolute atomic E-state index is 9.50. The van der Waals surface area contributed by atoms with Gasteiger partial charge in [-0.2, -0.15) is 5.26 Å². The zero-order valence-electron chi connectivity index (χ0n) is 13.5. The van der Waals surface area contributed by atoms with Crippen LogP contribution in [0, 0.1) is 11.3 Å². The summed E-state index contributed by atoms with van der Waals surface area (Å²) in [7, 11) is 0. The number of nitrogens with one attached hydrogen (secondary N) is 1. The van der Waals surface area contributed by atoms with Crippen LogP contribution in [-0.2, 0) is 6.54 Å². The van der Waals surface area contributed by atoms with E-state index < -0.39 is 0 Å². The first-order valence-electron chi connectivity index (χ1n) is 8.18. The molecule has 0 unspecified atom stereocenters. The van der Waals surface area contributed by atoms with Crippen molar-refractivity contribution in [2.45, 2.75) is 65.1 Å². The summed E-state index contributed by atoms with van der Waals surface area (Å²) in [4.78, 5) is 2.45. The minimum absolute atomic E-state index is 0.461. The number of hydrogen-bond acceptors (Lipinski definition) is 3. The van der Waals surface area contributed by atoms with Crippen molar-refractivity contribution in [1.29, 1.82) is 5.26 Å². The molecule has 0 amide bonds. The molecule has 0 radical (unpaired) electrons. The number of nitriles is 1. The van der Waals surface area contributed by atoms with Gasteiger partial charge >= 0.3 is 0 Å². The fourth-order valence-electron chi connectivity index (χ4n) is 2.57. The van der Waals surface area contributed by atoms with Gasteiger partial charge in [0, 0.05) is 25.2 Å². The van der Waals surface area contributed by atoms with E-state index >= 15 is 0 Å². The molecule has 114 valence electrons. The van der Waals surface area contributed by atoms with Crippen LogP contribution in [0.3, 0.4) is 0 Å². The average molecular weight is 285 g/mol. The van der Waals surface area contributed by atoms with E-state index in [4.69, 9.17) is 0 Å². The van der Waals surface area contributed by atoms with E-state index in [2.05, 4.69) is 49.2 Å². The van der Waals surface area contributed by atoms with Gasteiger partial charge in [-0.25, -0.2) is 0 Å². The average Bonchev–Trinajstić information content (AvgIpc) is 3.31. The first-order valence-corrected chi connectivity index (χ1v) is 8.18. The molecule has 1 aromatic carbocycles. The Morgan fingerprint density at radius 2 is 2.14 bits per heavy atom. The van der Waals surface area contributed by atoms with Crippen molar-refractivity contribution in [3.8, 4) is 6.07 Å². The third-order valence-corrected chi connectivity index (χ3v) is 3.95. The fourth-order valence-corrected chi connectivity index (χ4v) is 2.57. The molecule has 0 heterocycles. The summed E-state index contributed by atoms with van der Waals surface area (Å²) in [6, 6.07) is 9.86. The highest BCUT2D eigenvalue weighted by Gasteiger charge is 2.30. The van der Waals surface area contributed by atoms with Gasteiger partial charge in [0.1, 0.15) is 6.07 Å². The van der Waals surface area contributed by atoms with E-state index in [0.717, 1.165) is 24.3 Å². The van der Waals surface area contributed by atoms with Crippen molar-refractivity contribution < 1.29 is 0 Å². The van der Waals surface area contributed by atoms with Crippen LogP contribution in [0.15, 0.2) is 18.2 Å². The standard InChI is InChI=1S/C18H27N3/c1-4-5-10-21(17-7-8-17)18-9-6-15(11-16(18)12-19)13-20-14(2)3/h6,9,11,14,17,20H,4-5,7-8,10,13H2,1-3H3. The second-order valence-electron chi connectivity index (χ2n) is 6.28. The number of unbranched alkanes of at least 4 members (excludes halogenated alkanes) is 1. The van der Waals surface area contributed by atoms with Crippen LogP contribution in [0.5, 0.6) is 0 Å². The highest BCUT2D eigenvalue weighted by Crippen LogP contribution is 2.34. The predicted molar refractivity (Wildman–Crippen MR) is 88.4 cm³/mol.